The normalized spacial score (nSPS) is 10.0. The fourth-order valence-corrected chi connectivity index (χ4v) is 1.78. The highest BCUT2D eigenvalue weighted by molar-refractivity contribution is 6.34. The van der Waals surface area contributed by atoms with Crippen LogP contribution in [0, 0.1) is 0 Å². The van der Waals surface area contributed by atoms with Crippen LogP contribution in [0.25, 0.3) is 0 Å². The molecule has 0 aliphatic rings. The van der Waals surface area contributed by atoms with Crippen LogP contribution < -0.4 is 15.8 Å². The third-order valence-corrected chi connectivity index (χ3v) is 2.79. The van der Waals surface area contributed by atoms with Gasteiger partial charge in [0.1, 0.15) is 5.75 Å². The Kier molecular flexibility index (Phi) is 3.87. The van der Waals surface area contributed by atoms with Crippen molar-refractivity contribution in [2.45, 2.75) is 0 Å². The first-order valence-electron chi connectivity index (χ1n) is 5.46. The molecule has 0 saturated carbocycles. The highest BCUT2D eigenvalue weighted by Crippen LogP contribution is 2.27. The summed E-state index contributed by atoms with van der Waals surface area (Å²) in [4.78, 5) is 15.9. The number of benzene rings is 1. The maximum Gasteiger partial charge on any atom is 0.257 e. The molecule has 6 heteroatoms. The van der Waals surface area contributed by atoms with Crippen molar-refractivity contribution in [1.29, 1.82) is 0 Å². The second-order valence-corrected chi connectivity index (χ2v) is 4.18. The molecule has 1 aromatic heterocycles. The summed E-state index contributed by atoms with van der Waals surface area (Å²) in [6.07, 6.45) is 2.91. The van der Waals surface area contributed by atoms with Crippen LogP contribution in [0.4, 0.5) is 11.4 Å². The molecular formula is C13H12ClN3O2. The van der Waals surface area contributed by atoms with Crippen molar-refractivity contribution in [1.82, 2.24) is 4.98 Å². The van der Waals surface area contributed by atoms with E-state index >= 15 is 0 Å². The number of halogens is 1. The minimum atomic E-state index is -0.351. The van der Waals surface area contributed by atoms with E-state index in [1.165, 1.54) is 25.6 Å². The molecule has 1 amide bonds. The molecule has 0 bridgehead atoms. The highest BCUT2D eigenvalue weighted by Gasteiger charge is 2.12. The number of rotatable bonds is 3. The molecule has 0 radical (unpaired) electrons. The molecular weight excluding hydrogens is 266 g/mol. The molecule has 0 spiro atoms. The van der Waals surface area contributed by atoms with Gasteiger partial charge in [-0.3, -0.25) is 9.78 Å². The first-order valence-corrected chi connectivity index (χ1v) is 5.84. The van der Waals surface area contributed by atoms with Gasteiger partial charge in [0.2, 0.25) is 0 Å². The minimum Gasteiger partial charge on any atom is -0.495 e. The van der Waals surface area contributed by atoms with Crippen LogP contribution in [0.15, 0.2) is 36.7 Å². The third kappa shape index (κ3) is 2.95. The average Bonchev–Trinajstić information content (AvgIpc) is 2.39. The lowest BCUT2D eigenvalue weighted by atomic mass is 10.2. The molecule has 0 atom stereocenters. The number of ether oxygens (including phenoxy) is 1. The van der Waals surface area contributed by atoms with E-state index in [-0.39, 0.29) is 10.9 Å². The summed E-state index contributed by atoms with van der Waals surface area (Å²) in [5.74, 6) is 0.170. The summed E-state index contributed by atoms with van der Waals surface area (Å²) in [7, 11) is 1.51. The van der Waals surface area contributed by atoms with Gasteiger partial charge in [-0.1, -0.05) is 11.6 Å². The molecule has 3 N–H and O–H groups in total. The average molecular weight is 278 g/mol. The number of carbonyl (C=O) groups is 1. The van der Waals surface area contributed by atoms with Crippen molar-refractivity contribution in [2.75, 3.05) is 18.2 Å². The molecule has 2 rings (SSSR count). The lowest BCUT2D eigenvalue weighted by Crippen LogP contribution is -2.13. The van der Waals surface area contributed by atoms with Gasteiger partial charge < -0.3 is 15.8 Å². The van der Waals surface area contributed by atoms with E-state index in [0.29, 0.717) is 22.7 Å². The molecule has 0 saturated heterocycles. The van der Waals surface area contributed by atoms with E-state index in [1.807, 2.05) is 0 Å². The molecule has 5 nitrogen and oxygen atoms in total. The molecule has 98 valence electrons. The molecule has 2 aromatic rings. The number of nitrogens with one attached hydrogen (secondary N) is 1. The number of methoxy groups -OCH3 is 1. The maximum absolute atomic E-state index is 12.1. The van der Waals surface area contributed by atoms with Gasteiger partial charge in [-0.05, 0) is 24.3 Å². The van der Waals surface area contributed by atoms with Gasteiger partial charge in [0.15, 0.2) is 0 Å². The van der Waals surface area contributed by atoms with Gasteiger partial charge in [-0.15, -0.1) is 0 Å². The lowest BCUT2D eigenvalue weighted by Gasteiger charge is -2.11. The van der Waals surface area contributed by atoms with E-state index in [4.69, 9.17) is 22.1 Å². The fraction of sp³-hybridized carbons (Fsp3) is 0.0769. The number of aromatic nitrogens is 1. The predicted molar refractivity (Wildman–Crippen MR) is 74.6 cm³/mol. The van der Waals surface area contributed by atoms with Crippen molar-refractivity contribution in [3.8, 4) is 5.75 Å². The van der Waals surface area contributed by atoms with E-state index in [2.05, 4.69) is 10.3 Å². The Bertz CT molecular complexity index is 617. The van der Waals surface area contributed by atoms with Gasteiger partial charge in [-0.2, -0.15) is 0 Å². The summed E-state index contributed by atoms with van der Waals surface area (Å²) in [5.41, 5.74) is 7.03. The highest BCUT2D eigenvalue weighted by atomic mass is 35.5. The maximum atomic E-state index is 12.1. The Balaban J connectivity index is 2.29. The van der Waals surface area contributed by atoms with Gasteiger partial charge in [-0.25, -0.2) is 0 Å². The van der Waals surface area contributed by atoms with Gasteiger partial charge in [0.05, 0.1) is 23.4 Å². The molecule has 0 unspecified atom stereocenters. The number of amides is 1. The summed E-state index contributed by atoms with van der Waals surface area (Å²) in [6, 6.07) is 6.52. The molecule has 1 aromatic carbocycles. The van der Waals surface area contributed by atoms with E-state index < -0.39 is 0 Å². The van der Waals surface area contributed by atoms with Crippen LogP contribution in [0.5, 0.6) is 5.75 Å². The van der Waals surface area contributed by atoms with Crippen molar-refractivity contribution in [3.63, 3.8) is 0 Å². The molecule has 0 aliphatic heterocycles. The van der Waals surface area contributed by atoms with E-state index in [1.54, 1.807) is 18.2 Å². The molecule has 19 heavy (non-hydrogen) atoms. The number of nitrogens with two attached hydrogens (primary N) is 1. The Morgan fingerprint density at radius 1 is 1.42 bits per heavy atom. The minimum absolute atomic E-state index is 0.280. The molecule has 1 heterocycles. The number of hydrogen-bond acceptors (Lipinski definition) is 4. The second kappa shape index (κ2) is 5.58. The van der Waals surface area contributed by atoms with Gasteiger partial charge in [0, 0.05) is 18.1 Å². The second-order valence-electron chi connectivity index (χ2n) is 3.77. The third-order valence-electron chi connectivity index (χ3n) is 2.49. The Labute approximate surface area is 115 Å². The van der Waals surface area contributed by atoms with Gasteiger partial charge in [0.25, 0.3) is 5.91 Å². The summed E-state index contributed by atoms with van der Waals surface area (Å²) in [5, 5.41) is 2.98. The first-order chi connectivity index (χ1) is 9.11. The van der Waals surface area contributed by atoms with Crippen LogP contribution in [-0.4, -0.2) is 18.0 Å². The number of anilines is 2. The zero-order valence-electron chi connectivity index (χ0n) is 10.2. The first kappa shape index (κ1) is 13.2. The summed E-state index contributed by atoms with van der Waals surface area (Å²) in [6.45, 7) is 0. The van der Waals surface area contributed by atoms with Crippen LogP contribution in [0.1, 0.15) is 10.4 Å². The van der Waals surface area contributed by atoms with E-state index in [0.717, 1.165) is 0 Å². The van der Waals surface area contributed by atoms with Crippen LogP contribution in [0.2, 0.25) is 5.02 Å². The van der Waals surface area contributed by atoms with Crippen LogP contribution >= 0.6 is 11.6 Å². The van der Waals surface area contributed by atoms with Crippen molar-refractivity contribution in [3.05, 3.63) is 47.2 Å². The quantitative estimate of drug-likeness (QED) is 0.846. The zero-order chi connectivity index (χ0) is 13.8. The largest absolute Gasteiger partial charge is 0.495 e. The van der Waals surface area contributed by atoms with Crippen molar-refractivity contribution >= 4 is 28.9 Å². The number of pyridine rings is 1. The van der Waals surface area contributed by atoms with Crippen molar-refractivity contribution < 1.29 is 9.53 Å². The van der Waals surface area contributed by atoms with Crippen LogP contribution in [0.3, 0.4) is 0 Å². The van der Waals surface area contributed by atoms with Crippen LogP contribution in [-0.2, 0) is 0 Å². The SMILES string of the molecule is COc1ccc(N)cc1NC(=O)c1ccncc1Cl. The lowest BCUT2D eigenvalue weighted by molar-refractivity contribution is 0.102. The van der Waals surface area contributed by atoms with Gasteiger partial charge >= 0.3 is 0 Å². The number of carbonyl (C=O) groups excluding carboxylic acids is 1. The van der Waals surface area contributed by atoms with Crippen molar-refractivity contribution in [2.24, 2.45) is 0 Å². The standard InChI is InChI=1S/C13H12ClN3O2/c1-19-12-3-2-8(15)6-11(12)17-13(18)9-4-5-16-7-10(9)14/h2-7H,15H2,1H3,(H,17,18). The molecule has 0 aliphatic carbocycles. The summed E-state index contributed by atoms with van der Waals surface area (Å²) < 4.78 is 5.15. The molecule has 0 fully saturated rings. The van der Waals surface area contributed by atoms with E-state index in [9.17, 15) is 4.79 Å². The summed E-state index contributed by atoms with van der Waals surface area (Å²) >= 11 is 5.91. The number of nitrogens with zero attached hydrogens (tertiary/aromatic N) is 1. The Morgan fingerprint density at radius 3 is 2.89 bits per heavy atom. The predicted octanol–water partition coefficient (Wildman–Crippen LogP) is 2.58. The Morgan fingerprint density at radius 2 is 2.21 bits per heavy atom. The number of nitrogen functional groups attached to an aromatic ring is 1. The number of hydrogen-bond donors (Lipinski definition) is 2. The smallest absolute Gasteiger partial charge is 0.257 e. The Hall–Kier alpha value is -2.27. The fourth-order valence-electron chi connectivity index (χ4n) is 1.57. The monoisotopic (exact) mass is 277 g/mol. The zero-order valence-corrected chi connectivity index (χ0v) is 10.9. The topological polar surface area (TPSA) is 77.2 Å².